The molecule has 0 aromatic heterocycles. The van der Waals surface area contributed by atoms with Gasteiger partial charge in [-0.15, -0.1) is 0 Å². The van der Waals surface area contributed by atoms with Crippen LogP contribution in [0.1, 0.15) is 45.2 Å². The normalized spacial score (nSPS) is 10.8. The minimum atomic E-state index is -0.208. The largest absolute Gasteiger partial charge is 0.326 e. The molecule has 140 valence electrons. The summed E-state index contributed by atoms with van der Waals surface area (Å²) in [5.74, 6) is -0.390. The predicted octanol–water partition coefficient (Wildman–Crippen LogP) is 4.24. The zero-order chi connectivity index (χ0) is 20.0. The lowest BCUT2D eigenvalue weighted by Crippen LogP contribution is -2.32. The summed E-state index contributed by atoms with van der Waals surface area (Å²) in [7, 11) is 0. The van der Waals surface area contributed by atoms with Crippen molar-refractivity contribution in [2.45, 2.75) is 39.5 Å². The molecule has 0 saturated heterocycles. The van der Waals surface area contributed by atoms with E-state index in [1.54, 1.807) is 24.3 Å². The van der Waals surface area contributed by atoms with Crippen LogP contribution in [0.2, 0.25) is 0 Å². The number of hydrogen-bond acceptors (Lipinski definition) is 3. The second kappa shape index (κ2) is 8.50. The van der Waals surface area contributed by atoms with E-state index in [1.807, 2.05) is 24.3 Å². The lowest BCUT2D eigenvalue weighted by atomic mass is 9.87. The Balaban J connectivity index is 2.02. The third-order valence-electron chi connectivity index (χ3n) is 4.29. The van der Waals surface area contributed by atoms with Gasteiger partial charge in [-0.3, -0.25) is 9.59 Å². The Hall–Kier alpha value is -3.13. The van der Waals surface area contributed by atoms with Crippen LogP contribution in [0.25, 0.3) is 0 Å². The first-order valence-electron chi connectivity index (χ1n) is 8.90. The Bertz CT molecular complexity index is 858. The van der Waals surface area contributed by atoms with Crippen LogP contribution in [0.3, 0.4) is 0 Å². The van der Waals surface area contributed by atoms with E-state index in [4.69, 9.17) is 0 Å². The van der Waals surface area contributed by atoms with Gasteiger partial charge in [0.2, 0.25) is 11.8 Å². The molecule has 2 amide bonds. The summed E-state index contributed by atoms with van der Waals surface area (Å²) in [5, 5.41) is 12.1. The number of hydrogen-bond donors (Lipinski definition) is 1. The van der Waals surface area contributed by atoms with Crippen molar-refractivity contribution in [2.24, 2.45) is 0 Å². The van der Waals surface area contributed by atoms with Crippen LogP contribution >= 0.6 is 0 Å². The zero-order valence-electron chi connectivity index (χ0n) is 16.2. The number of benzene rings is 2. The Kier molecular flexibility index (Phi) is 6.36. The molecule has 0 aliphatic rings. The maximum absolute atomic E-state index is 12.3. The predicted molar refractivity (Wildman–Crippen MR) is 108 cm³/mol. The Morgan fingerprint density at radius 2 is 1.70 bits per heavy atom. The Morgan fingerprint density at radius 1 is 1.07 bits per heavy atom. The van der Waals surface area contributed by atoms with E-state index in [0.717, 1.165) is 5.69 Å². The van der Waals surface area contributed by atoms with Crippen molar-refractivity contribution < 1.29 is 9.59 Å². The molecule has 2 aromatic carbocycles. The molecule has 0 spiro atoms. The lowest BCUT2D eigenvalue weighted by molar-refractivity contribution is -0.117. The Morgan fingerprint density at radius 3 is 2.26 bits per heavy atom. The van der Waals surface area contributed by atoms with Gasteiger partial charge >= 0.3 is 0 Å². The zero-order valence-corrected chi connectivity index (χ0v) is 16.2. The Labute approximate surface area is 160 Å². The molecule has 1 N–H and O–H groups in total. The minimum Gasteiger partial charge on any atom is -0.326 e. The molecule has 5 heteroatoms. The molecule has 0 bridgehead atoms. The van der Waals surface area contributed by atoms with Crippen molar-refractivity contribution >= 4 is 23.2 Å². The SMILES string of the molecule is CC(=O)N(CCC(=O)Nc1ccc(C(C)(C)C)cc1)c1ccccc1C#N. The van der Waals surface area contributed by atoms with E-state index in [1.165, 1.54) is 17.4 Å². The first kappa shape index (κ1) is 20.2. The standard InChI is InChI=1S/C22H25N3O2/c1-16(26)25(20-8-6-5-7-17(20)15-23)14-13-21(27)24-19-11-9-18(10-12-19)22(2,3)4/h5-12H,13-14H2,1-4H3,(H,24,27). The molecule has 0 atom stereocenters. The second-order valence-corrected chi connectivity index (χ2v) is 7.43. The van der Waals surface area contributed by atoms with Gasteiger partial charge in [0.25, 0.3) is 0 Å². The van der Waals surface area contributed by atoms with Gasteiger partial charge in [0.15, 0.2) is 0 Å². The molecule has 0 heterocycles. The van der Waals surface area contributed by atoms with Crippen molar-refractivity contribution in [3.8, 4) is 6.07 Å². The number of nitrogens with one attached hydrogen (secondary N) is 1. The number of para-hydroxylation sites is 1. The first-order valence-corrected chi connectivity index (χ1v) is 8.90. The molecule has 0 aliphatic heterocycles. The van der Waals surface area contributed by atoms with Gasteiger partial charge in [-0.05, 0) is 35.2 Å². The van der Waals surface area contributed by atoms with Crippen LogP contribution in [-0.2, 0) is 15.0 Å². The molecule has 5 nitrogen and oxygen atoms in total. The minimum absolute atomic E-state index is 0.0542. The number of amides is 2. The molecular formula is C22H25N3O2. The highest BCUT2D eigenvalue weighted by molar-refractivity contribution is 5.95. The molecule has 0 unspecified atom stereocenters. The van der Waals surface area contributed by atoms with E-state index in [2.05, 4.69) is 32.2 Å². The molecule has 2 aromatic rings. The van der Waals surface area contributed by atoms with Gasteiger partial charge in [-0.1, -0.05) is 45.0 Å². The summed E-state index contributed by atoms with van der Waals surface area (Å²) < 4.78 is 0. The smallest absolute Gasteiger partial charge is 0.226 e. The fourth-order valence-electron chi connectivity index (χ4n) is 2.74. The summed E-state index contributed by atoms with van der Waals surface area (Å²) in [6.07, 6.45) is 0.139. The number of anilines is 2. The van der Waals surface area contributed by atoms with Crippen molar-refractivity contribution in [1.29, 1.82) is 5.26 Å². The van der Waals surface area contributed by atoms with Gasteiger partial charge in [-0.2, -0.15) is 5.26 Å². The molecule has 0 radical (unpaired) electrons. The molecule has 0 saturated carbocycles. The van der Waals surface area contributed by atoms with Crippen LogP contribution in [0, 0.1) is 11.3 Å². The van der Waals surface area contributed by atoms with Gasteiger partial charge < -0.3 is 10.2 Å². The molecule has 0 fully saturated rings. The quantitative estimate of drug-likeness (QED) is 0.863. The third-order valence-corrected chi connectivity index (χ3v) is 4.29. The highest BCUT2D eigenvalue weighted by Crippen LogP contribution is 2.24. The number of rotatable bonds is 5. The second-order valence-electron chi connectivity index (χ2n) is 7.43. The van der Waals surface area contributed by atoms with Gasteiger partial charge in [0, 0.05) is 25.6 Å². The highest BCUT2D eigenvalue weighted by Gasteiger charge is 2.17. The van der Waals surface area contributed by atoms with Crippen molar-refractivity contribution in [2.75, 3.05) is 16.8 Å². The van der Waals surface area contributed by atoms with E-state index < -0.39 is 0 Å². The maximum atomic E-state index is 12.3. The van der Waals surface area contributed by atoms with Crippen molar-refractivity contribution in [3.63, 3.8) is 0 Å². The molecule has 0 aliphatic carbocycles. The topological polar surface area (TPSA) is 73.2 Å². The number of nitriles is 1. The van der Waals surface area contributed by atoms with E-state index >= 15 is 0 Å². The fourth-order valence-corrected chi connectivity index (χ4v) is 2.74. The van der Waals surface area contributed by atoms with Crippen LogP contribution in [0.4, 0.5) is 11.4 Å². The third kappa shape index (κ3) is 5.42. The summed E-state index contributed by atoms with van der Waals surface area (Å²) in [6.45, 7) is 8.04. The molecule has 27 heavy (non-hydrogen) atoms. The average molecular weight is 363 g/mol. The fraction of sp³-hybridized carbons (Fsp3) is 0.318. The van der Waals surface area contributed by atoms with Gasteiger partial charge in [0.05, 0.1) is 11.3 Å². The summed E-state index contributed by atoms with van der Waals surface area (Å²) >= 11 is 0. The molecular weight excluding hydrogens is 338 g/mol. The van der Waals surface area contributed by atoms with Crippen LogP contribution in [0.5, 0.6) is 0 Å². The number of carbonyl (C=O) groups excluding carboxylic acids is 2. The monoisotopic (exact) mass is 363 g/mol. The van der Waals surface area contributed by atoms with Gasteiger partial charge in [-0.25, -0.2) is 0 Å². The summed E-state index contributed by atoms with van der Waals surface area (Å²) in [6, 6.07) is 16.7. The van der Waals surface area contributed by atoms with Crippen molar-refractivity contribution in [3.05, 3.63) is 59.7 Å². The van der Waals surface area contributed by atoms with Crippen molar-refractivity contribution in [1.82, 2.24) is 0 Å². The van der Waals surface area contributed by atoms with Crippen LogP contribution < -0.4 is 10.2 Å². The lowest BCUT2D eigenvalue weighted by Gasteiger charge is -2.22. The van der Waals surface area contributed by atoms with Crippen LogP contribution in [0.15, 0.2) is 48.5 Å². The number of nitrogens with zero attached hydrogens (tertiary/aromatic N) is 2. The van der Waals surface area contributed by atoms with E-state index in [9.17, 15) is 14.9 Å². The average Bonchev–Trinajstić information content (AvgIpc) is 2.61. The van der Waals surface area contributed by atoms with Gasteiger partial charge in [0.1, 0.15) is 6.07 Å². The molecule has 2 rings (SSSR count). The summed E-state index contributed by atoms with van der Waals surface area (Å²) in [4.78, 5) is 25.8. The summed E-state index contributed by atoms with van der Waals surface area (Å²) in [5.41, 5.74) is 2.90. The van der Waals surface area contributed by atoms with Crippen LogP contribution in [-0.4, -0.2) is 18.4 Å². The highest BCUT2D eigenvalue weighted by atomic mass is 16.2. The van der Waals surface area contributed by atoms with E-state index in [0.29, 0.717) is 11.3 Å². The maximum Gasteiger partial charge on any atom is 0.226 e. The van der Waals surface area contributed by atoms with E-state index in [-0.39, 0.29) is 30.2 Å². The first-order chi connectivity index (χ1) is 12.7. The number of carbonyl (C=O) groups is 2.